The Balaban J connectivity index is 2.17. The fourth-order valence-corrected chi connectivity index (χ4v) is 3.27. The summed E-state index contributed by atoms with van der Waals surface area (Å²) in [5.41, 5.74) is 1.16. The summed E-state index contributed by atoms with van der Waals surface area (Å²) in [6.07, 6.45) is 0. The van der Waals surface area contributed by atoms with Crippen LogP contribution in [0.25, 0.3) is 0 Å². The molecule has 2 heterocycles. The monoisotopic (exact) mass is 372 g/mol. The van der Waals surface area contributed by atoms with Crippen LogP contribution in [-0.4, -0.2) is 51.1 Å². The topological polar surface area (TPSA) is 68.2 Å². The van der Waals surface area contributed by atoms with Crippen molar-refractivity contribution in [3.8, 4) is 0 Å². The van der Waals surface area contributed by atoms with Crippen LogP contribution in [0.5, 0.6) is 0 Å². The second-order valence-corrected chi connectivity index (χ2v) is 7.90. The highest BCUT2D eigenvalue weighted by Gasteiger charge is 2.51. The molecular weight excluding hydrogens is 363 g/mol. The van der Waals surface area contributed by atoms with Crippen LogP contribution in [0.2, 0.25) is 0 Å². The molecule has 2 aliphatic rings. The SMILES string of the molecule is CO/N=C1\C(=O)N2C(C(=O)OCC(Cl)(Cl)Cl)=C(C)CS[C@H]12. The number of thioether (sulfide) groups is 1. The molecule has 0 unspecified atom stereocenters. The van der Waals surface area contributed by atoms with Crippen LogP contribution >= 0.6 is 46.6 Å². The summed E-state index contributed by atoms with van der Waals surface area (Å²) in [6, 6.07) is 0. The highest BCUT2D eigenvalue weighted by molar-refractivity contribution is 8.01. The number of fused-ring (bicyclic) bond motifs is 1. The Morgan fingerprint density at radius 1 is 1.52 bits per heavy atom. The van der Waals surface area contributed by atoms with Crippen molar-refractivity contribution in [3.05, 3.63) is 11.3 Å². The predicted molar refractivity (Wildman–Crippen MR) is 81.5 cm³/mol. The van der Waals surface area contributed by atoms with Gasteiger partial charge in [0, 0.05) is 5.75 Å². The number of carbonyl (C=O) groups is 2. The maximum Gasteiger partial charge on any atom is 0.355 e. The summed E-state index contributed by atoms with van der Waals surface area (Å²) < 4.78 is 3.25. The Morgan fingerprint density at radius 3 is 2.76 bits per heavy atom. The van der Waals surface area contributed by atoms with Gasteiger partial charge in [0.2, 0.25) is 3.79 Å². The third-order valence-corrected chi connectivity index (χ3v) is 4.44. The van der Waals surface area contributed by atoms with E-state index < -0.39 is 22.3 Å². The van der Waals surface area contributed by atoms with Crippen molar-refractivity contribution in [2.24, 2.45) is 5.16 Å². The molecule has 0 saturated carbocycles. The summed E-state index contributed by atoms with van der Waals surface area (Å²) in [7, 11) is 1.35. The third kappa shape index (κ3) is 3.41. The third-order valence-electron chi connectivity index (χ3n) is 2.76. The largest absolute Gasteiger partial charge is 0.456 e. The van der Waals surface area contributed by atoms with Crippen molar-refractivity contribution in [2.75, 3.05) is 19.5 Å². The van der Waals surface area contributed by atoms with Crippen molar-refractivity contribution in [1.29, 1.82) is 0 Å². The lowest BCUT2D eigenvalue weighted by Crippen LogP contribution is -2.62. The highest BCUT2D eigenvalue weighted by atomic mass is 35.6. The van der Waals surface area contributed by atoms with Gasteiger partial charge in [-0.15, -0.1) is 11.8 Å². The molecular formula is C11H11Cl3N2O4S. The molecule has 0 aliphatic carbocycles. The lowest BCUT2D eigenvalue weighted by Gasteiger charge is -2.44. The zero-order chi connectivity index (χ0) is 15.8. The second kappa shape index (κ2) is 6.24. The number of hydrogen-bond donors (Lipinski definition) is 0. The lowest BCUT2D eigenvalue weighted by molar-refractivity contribution is -0.144. The van der Waals surface area contributed by atoms with Gasteiger partial charge in [-0.05, 0) is 12.5 Å². The summed E-state index contributed by atoms with van der Waals surface area (Å²) in [5.74, 6) is -0.529. The number of nitrogens with zero attached hydrogens (tertiary/aromatic N) is 2. The maximum absolute atomic E-state index is 12.1. The number of alkyl halides is 3. The average Bonchev–Trinajstić information content (AvgIpc) is 2.41. The molecule has 0 aromatic rings. The normalized spacial score (nSPS) is 23.9. The van der Waals surface area contributed by atoms with Gasteiger partial charge in [0.05, 0.1) is 0 Å². The molecule has 116 valence electrons. The number of β-lactam (4-membered cyclic amide) rings is 1. The Bertz CT molecular complexity index is 544. The van der Waals surface area contributed by atoms with Crippen molar-refractivity contribution < 1.29 is 19.2 Å². The Kier molecular flexibility index (Phi) is 4.97. The molecule has 0 aromatic heterocycles. The van der Waals surface area contributed by atoms with Crippen LogP contribution in [0, 0.1) is 0 Å². The number of esters is 1. The standard InChI is InChI=1S/C11H11Cl3N2O4S/c1-5-3-21-9-6(15-19-2)8(17)16(9)7(5)10(18)20-4-11(12,13)14/h9H,3-4H2,1-2H3/b15-6+/t9-/m1/s1. The van der Waals surface area contributed by atoms with E-state index in [1.165, 1.54) is 23.8 Å². The van der Waals surface area contributed by atoms with Crippen molar-refractivity contribution in [3.63, 3.8) is 0 Å². The number of oxime groups is 1. The fourth-order valence-electron chi connectivity index (χ4n) is 1.91. The number of carbonyl (C=O) groups excluding carboxylic acids is 2. The molecule has 1 atom stereocenters. The number of halogens is 3. The van der Waals surface area contributed by atoms with Gasteiger partial charge in [-0.1, -0.05) is 40.0 Å². The number of hydrogen-bond acceptors (Lipinski definition) is 6. The minimum atomic E-state index is -1.70. The second-order valence-electron chi connectivity index (χ2n) is 4.32. The van der Waals surface area contributed by atoms with Gasteiger partial charge < -0.3 is 9.57 Å². The van der Waals surface area contributed by atoms with E-state index in [4.69, 9.17) is 39.5 Å². The van der Waals surface area contributed by atoms with E-state index in [0.717, 1.165) is 5.57 Å². The minimum Gasteiger partial charge on any atom is -0.456 e. The smallest absolute Gasteiger partial charge is 0.355 e. The number of ether oxygens (including phenoxy) is 1. The molecule has 0 radical (unpaired) electrons. The molecule has 10 heteroatoms. The van der Waals surface area contributed by atoms with Gasteiger partial charge in [0.25, 0.3) is 5.91 Å². The summed E-state index contributed by atoms with van der Waals surface area (Å²) in [5, 5.41) is 3.32. The number of rotatable bonds is 3. The van der Waals surface area contributed by atoms with Crippen molar-refractivity contribution in [1.82, 2.24) is 4.90 Å². The predicted octanol–water partition coefficient (Wildman–Crippen LogP) is 2.09. The minimum absolute atomic E-state index is 0.174. The molecule has 0 spiro atoms. The molecule has 0 N–H and O–H groups in total. The maximum atomic E-state index is 12.1. The van der Waals surface area contributed by atoms with Crippen LogP contribution in [0.1, 0.15) is 6.92 Å². The zero-order valence-corrected chi connectivity index (χ0v) is 14.1. The Hall–Kier alpha value is -0.630. The highest BCUT2D eigenvalue weighted by Crippen LogP contribution is 2.39. The van der Waals surface area contributed by atoms with Crippen LogP contribution in [-0.2, 0) is 19.2 Å². The van der Waals surface area contributed by atoms with E-state index in [0.29, 0.717) is 5.75 Å². The molecule has 0 aromatic carbocycles. The van der Waals surface area contributed by atoms with E-state index in [2.05, 4.69) is 9.99 Å². The van der Waals surface area contributed by atoms with E-state index in [9.17, 15) is 9.59 Å². The Labute approximate surface area is 140 Å². The molecule has 6 nitrogen and oxygen atoms in total. The van der Waals surface area contributed by atoms with Crippen molar-refractivity contribution >= 4 is 64.2 Å². The summed E-state index contributed by atoms with van der Waals surface area (Å²) >= 11 is 18.1. The lowest BCUT2D eigenvalue weighted by atomic mass is 10.1. The molecule has 1 fully saturated rings. The van der Waals surface area contributed by atoms with Gasteiger partial charge in [-0.2, -0.15) is 0 Å². The van der Waals surface area contributed by atoms with E-state index in [1.807, 2.05) is 0 Å². The van der Waals surface area contributed by atoms with Crippen LogP contribution in [0.3, 0.4) is 0 Å². The molecule has 2 rings (SSSR count). The van der Waals surface area contributed by atoms with Gasteiger partial charge in [0.1, 0.15) is 24.8 Å². The molecule has 1 amide bonds. The zero-order valence-electron chi connectivity index (χ0n) is 11.1. The first-order valence-electron chi connectivity index (χ1n) is 5.76. The van der Waals surface area contributed by atoms with Crippen molar-refractivity contribution in [2.45, 2.75) is 16.1 Å². The van der Waals surface area contributed by atoms with Gasteiger partial charge in [0.15, 0.2) is 5.71 Å². The fraction of sp³-hybridized carbons (Fsp3) is 0.545. The van der Waals surface area contributed by atoms with E-state index >= 15 is 0 Å². The van der Waals surface area contributed by atoms with Gasteiger partial charge in [-0.3, -0.25) is 9.69 Å². The average molecular weight is 374 g/mol. The quantitative estimate of drug-likeness (QED) is 0.328. The first-order valence-corrected chi connectivity index (χ1v) is 7.94. The summed E-state index contributed by atoms with van der Waals surface area (Å²) in [4.78, 5) is 30.1. The first-order chi connectivity index (χ1) is 9.76. The Morgan fingerprint density at radius 2 is 2.19 bits per heavy atom. The first kappa shape index (κ1) is 16.7. The van der Waals surface area contributed by atoms with Gasteiger partial charge in [-0.25, -0.2) is 4.79 Å². The molecule has 2 aliphatic heterocycles. The molecule has 0 bridgehead atoms. The van der Waals surface area contributed by atoms with E-state index in [-0.39, 0.29) is 16.8 Å². The van der Waals surface area contributed by atoms with Gasteiger partial charge >= 0.3 is 5.97 Å². The molecule has 1 saturated heterocycles. The van der Waals surface area contributed by atoms with E-state index in [1.54, 1.807) is 6.92 Å². The van der Waals surface area contributed by atoms with Crippen LogP contribution < -0.4 is 0 Å². The van der Waals surface area contributed by atoms with Crippen LogP contribution in [0.4, 0.5) is 0 Å². The molecule has 21 heavy (non-hydrogen) atoms. The van der Waals surface area contributed by atoms with Crippen LogP contribution in [0.15, 0.2) is 16.4 Å². The summed E-state index contributed by atoms with van der Waals surface area (Å²) in [6.45, 7) is 1.35. The number of amides is 1.